The summed E-state index contributed by atoms with van der Waals surface area (Å²) in [5, 5.41) is 9.50. The predicted octanol–water partition coefficient (Wildman–Crippen LogP) is 5.44. The van der Waals surface area contributed by atoms with Crippen LogP contribution in [0, 0.1) is 0 Å². The minimum atomic E-state index is -1.03. The van der Waals surface area contributed by atoms with Gasteiger partial charge in [0.15, 0.2) is 5.78 Å². The molecule has 2 aromatic rings. The van der Waals surface area contributed by atoms with Crippen LogP contribution in [0.2, 0.25) is 0 Å². The van der Waals surface area contributed by atoms with Crippen molar-refractivity contribution in [1.82, 2.24) is 0 Å². The van der Waals surface area contributed by atoms with Crippen LogP contribution >= 0.6 is 0 Å². The predicted molar refractivity (Wildman–Crippen MR) is 104 cm³/mol. The summed E-state index contributed by atoms with van der Waals surface area (Å²) >= 11 is 0. The Balaban J connectivity index is 1.62. The third-order valence-electron chi connectivity index (χ3n) is 7.01. The molecule has 1 N–H and O–H groups in total. The number of Topliss-reactive ketones (excluding diaryl/α,β-unsaturated/α-hetero) is 1. The number of hydrogen-bond acceptors (Lipinski definition) is 2. The Morgan fingerprint density at radius 1 is 0.815 bits per heavy atom. The van der Waals surface area contributed by atoms with Crippen molar-refractivity contribution >= 4 is 11.8 Å². The summed E-state index contributed by atoms with van der Waals surface area (Å²) in [6.45, 7) is 0. The minimum Gasteiger partial charge on any atom is -0.478 e. The molecule has 0 amide bonds. The first-order chi connectivity index (χ1) is 13.1. The molecule has 0 heterocycles. The summed E-state index contributed by atoms with van der Waals surface area (Å²) in [4.78, 5) is 25.0. The smallest absolute Gasteiger partial charge is 0.336 e. The van der Waals surface area contributed by atoms with Crippen LogP contribution in [-0.4, -0.2) is 16.9 Å². The fraction of sp³-hybridized carbons (Fsp3) is 0.417. The Morgan fingerprint density at radius 2 is 1.52 bits per heavy atom. The minimum absolute atomic E-state index is 0.0272. The average molecular weight is 360 g/mol. The van der Waals surface area contributed by atoms with E-state index in [2.05, 4.69) is 12.1 Å². The fourth-order valence-electron chi connectivity index (χ4n) is 5.83. The number of rotatable bonds is 3. The molecule has 3 nitrogen and oxygen atoms in total. The third kappa shape index (κ3) is 2.55. The first kappa shape index (κ1) is 16.7. The second-order valence-electron chi connectivity index (χ2n) is 8.35. The van der Waals surface area contributed by atoms with Gasteiger partial charge in [-0.05, 0) is 85.1 Å². The number of aromatic carboxylic acids is 1. The van der Waals surface area contributed by atoms with Crippen molar-refractivity contribution in [1.29, 1.82) is 0 Å². The Labute approximate surface area is 159 Å². The topological polar surface area (TPSA) is 54.4 Å². The van der Waals surface area contributed by atoms with Crippen molar-refractivity contribution in [2.24, 2.45) is 0 Å². The molecule has 3 atom stereocenters. The number of aryl methyl sites for hydroxylation is 1. The Kier molecular flexibility index (Phi) is 3.92. The number of hydrogen-bond donors (Lipinski definition) is 1. The highest BCUT2D eigenvalue weighted by atomic mass is 16.4. The second kappa shape index (κ2) is 6.33. The lowest BCUT2D eigenvalue weighted by molar-refractivity contribution is 0.0691. The number of carboxylic acids is 1. The molecule has 3 aliphatic carbocycles. The van der Waals surface area contributed by atoms with Gasteiger partial charge in [-0.2, -0.15) is 0 Å². The van der Waals surface area contributed by atoms with E-state index in [9.17, 15) is 14.7 Å². The molecular weight excluding hydrogens is 336 g/mol. The normalized spacial score (nSPS) is 25.6. The zero-order chi connectivity index (χ0) is 18.5. The molecule has 0 spiro atoms. The summed E-state index contributed by atoms with van der Waals surface area (Å²) < 4.78 is 0. The van der Waals surface area contributed by atoms with E-state index in [0.29, 0.717) is 17.4 Å². The molecule has 5 rings (SSSR count). The van der Waals surface area contributed by atoms with Gasteiger partial charge in [-0.1, -0.05) is 30.3 Å². The van der Waals surface area contributed by atoms with Gasteiger partial charge < -0.3 is 5.11 Å². The Hall–Kier alpha value is -2.42. The molecular formula is C24H24O3. The van der Waals surface area contributed by atoms with Crippen molar-refractivity contribution in [2.45, 2.75) is 62.7 Å². The molecule has 2 aromatic carbocycles. The van der Waals surface area contributed by atoms with Crippen molar-refractivity contribution < 1.29 is 14.7 Å². The van der Waals surface area contributed by atoms with Crippen LogP contribution in [0.15, 0.2) is 36.4 Å². The molecule has 0 radical (unpaired) electrons. The van der Waals surface area contributed by atoms with E-state index in [1.807, 2.05) is 0 Å². The molecule has 27 heavy (non-hydrogen) atoms. The lowest BCUT2D eigenvalue weighted by Crippen LogP contribution is -2.29. The number of carbonyl (C=O) groups is 2. The van der Waals surface area contributed by atoms with Crippen LogP contribution in [0.5, 0.6) is 0 Å². The number of benzene rings is 2. The van der Waals surface area contributed by atoms with Crippen molar-refractivity contribution in [3.8, 4) is 0 Å². The quantitative estimate of drug-likeness (QED) is 0.741. The molecule has 3 heteroatoms. The van der Waals surface area contributed by atoms with Crippen molar-refractivity contribution in [3.63, 3.8) is 0 Å². The maximum Gasteiger partial charge on any atom is 0.336 e. The van der Waals surface area contributed by atoms with Gasteiger partial charge >= 0.3 is 5.97 Å². The average Bonchev–Trinajstić information content (AvgIpc) is 2.71. The van der Waals surface area contributed by atoms with Crippen LogP contribution in [-0.2, 0) is 6.42 Å². The SMILES string of the molecule is O=C(O)c1ccccc1C(=O)C1CCC2CCC3CCCc4ccc1c2c43. The Morgan fingerprint density at radius 3 is 2.30 bits per heavy atom. The van der Waals surface area contributed by atoms with Crippen LogP contribution in [0.3, 0.4) is 0 Å². The number of ketones is 1. The monoisotopic (exact) mass is 360 g/mol. The van der Waals surface area contributed by atoms with Crippen LogP contribution in [0.1, 0.15) is 99.2 Å². The van der Waals surface area contributed by atoms with Gasteiger partial charge in [0.25, 0.3) is 0 Å². The molecule has 0 fully saturated rings. The highest BCUT2D eigenvalue weighted by Crippen LogP contribution is 2.53. The van der Waals surface area contributed by atoms with E-state index in [1.165, 1.54) is 48.4 Å². The molecule has 3 aliphatic rings. The van der Waals surface area contributed by atoms with Crippen molar-refractivity contribution in [3.05, 3.63) is 69.8 Å². The lowest BCUT2D eigenvalue weighted by Gasteiger charge is -2.42. The van der Waals surface area contributed by atoms with E-state index >= 15 is 0 Å². The zero-order valence-electron chi connectivity index (χ0n) is 15.4. The van der Waals surface area contributed by atoms with Gasteiger partial charge in [-0.3, -0.25) is 4.79 Å². The fourth-order valence-corrected chi connectivity index (χ4v) is 5.83. The molecule has 0 aliphatic heterocycles. The van der Waals surface area contributed by atoms with Gasteiger partial charge in [-0.25, -0.2) is 4.79 Å². The third-order valence-corrected chi connectivity index (χ3v) is 7.01. The first-order valence-corrected chi connectivity index (χ1v) is 10.2. The maximum absolute atomic E-state index is 13.4. The van der Waals surface area contributed by atoms with E-state index in [4.69, 9.17) is 0 Å². The first-order valence-electron chi connectivity index (χ1n) is 10.2. The van der Waals surface area contributed by atoms with Crippen LogP contribution in [0.4, 0.5) is 0 Å². The van der Waals surface area contributed by atoms with E-state index in [-0.39, 0.29) is 17.3 Å². The lowest BCUT2D eigenvalue weighted by atomic mass is 9.62. The van der Waals surface area contributed by atoms with E-state index < -0.39 is 5.97 Å². The Bertz CT molecular complexity index is 943. The van der Waals surface area contributed by atoms with Gasteiger partial charge in [0.2, 0.25) is 0 Å². The van der Waals surface area contributed by atoms with Gasteiger partial charge in [-0.15, -0.1) is 0 Å². The highest BCUT2D eigenvalue weighted by Gasteiger charge is 2.39. The number of carbonyl (C=O) groups excluding carboxylic acids is 1. The molecule has 0 aromatic heterocycles. The summed E-state index contributed by atoms with van der Waals surface area (Å²) in [6.07, 6.45) is 8.10. The largest absolute Gasteiger partial charge is 0.478 e. The van der Waals surface area contributed by atoms with E-state index in [1.54, 1.807) is 23.8 Å². The standard InChI is InChI=1S/C24H24O3/c25-23(18-6-1-2-7-20(18)24(26)27)19-13-11-16-9-8-14-4-3-5-15-10-12-17(19)22(16)21(14)15/h1-2,6-7,10,12,14,16,19H,3-5,8-9,11,13H2,(H,26,27). The van der Waals surface area contributed by atoms with Crippen molar-refractivity contribution in [2.75, 3.05) is 0 Å². The van der Waals surface area contributed by atoms with Crippen LogP contribution < -0.4 is 0 Å². The van der Waals surface area contributed by atoms with Gasteiger partial charge in [0.1, 0.15) is 0 Å². The molecule has 0 saturated carbocycles. The van der Waals surface area contributed by atoms with Gasteiger partial charge in [0, 0.05) is 11.5 Å². The summed E-state index contributed by atoms with van der Waals surface area (Å²) in [7, 11) is 0. The van der Waals surface area contributed by atoms with Gasteiger partial charge in [0.05, 0.1) is 5.56 Å². The molecule has 3 unspecified atom stereocenters. The number of carboxylic acid groups (broad SMARTS) is 1. The highest BCUT2D eigenvalue weighted by molar-refractivity contribution is 6.08. The summed E-state index contributed by atoms with van der Waals surface area (Å²) in [5.74, 6) is -0.00837. The van der Waals surface area contributed by atoms with E-state index in [0.717, 1.165) is 19.3 Å². The molecule has 0 bridgehead atoms. The second-order valence-corrected chi connectivity index (χ2v) is 8.35. The summed E-state index contributed by atoms with van der Waals surface area (Å²) in [5.41, 5.74) is 6.16. The maximum atomic E-state index is 13.4. The molecule has 0 saturated heterocycles. The van der Waals surface area contributed by atoms with Crippen LogP contribution in [0.25, 0.3) is 0 Å². The summed E-state index contributed by atoms with van der Waals surface area (Å²) in [6, 6.07) is 11.1. The zero-order valence-corrected chi connectivity index (χ0v) is 15.4. The molecule has 138 valence electrons.